The normalized spacial score (nSPS) is 29.7. The number of benzene rings is 1. The van der Waals surface area contributed by atoms with Crippen LogP contribution in [-0.2, 0) is 29.2 Å². The SMILES string of the molecule is CCOc1nnc(O[C@@H]2C[C@H]3C(=O)C[C@]4(C(=O)NS(=O)(=O)C5CC5)C[C@H]4/C=C\CC[C@@H](C)C[C@@H](CC)[C@H](CC(=O)CC(C)(C)C)C(=O)N3C2)c2ccccc12. The van der Waals surface area contributed by atoms with Crippen molar-refractivity contribution in [3.8, 4) is 11.8 Å². The highest BCUT2D eigenvalue weighted by atomic mass is 32.2. The number of carbonyl (C=O) groups is 4. The smallest absolute Gasteiger partial charge is 0.242 e. The average molecular weight is 779 g/mol. The lowest BCUT2D eigenvalue weighted by Gasteiger charge is -2.33. The summed E-state index contributed by atoms with van der Waals surface area (Å²) in [5, 5.41) is 9.42. The molecular weight excluding hydrogens is 721 g/mol. The van der Waals surface area contributed by atoms with Gasteiger partial charge in [-0.3, -0.25) is 23.9 Å². The first-order valence-corrected chi connectivity index (χ1v) is 21.7. The number of hydrogen-bond acceptors (Lipinski definition) is 10. The molecule has 2 aliphatic carbocycles. The maximum absolute atomic E-state index is 15.0. The first kappa shape index (κ1) is 40.8. The maximum Gasteiger partial charge on any atom is 0.242 e. The number of sulfonamides is 1. The van der Waals surface area contributed by atoms with Gasteiger partial charge in [0.25, 0.3) is 0 Å². The molecule has 4 aliphatic rings. The third-order valence-corrected chi connectivity index (χ3v) is 13.7. The lowest BCUT2D eigenvalue weighted by Crippen LogP contribution is -2.47. The molecule has 55 heavy (non-hydrogen) atoms. The molecule has 3 heterocycles. The fourth-order valence-electron chi connectivity index (χ4n) is 8.70. The molecule has 2 aromatic rings. The van der Waals surface area contributed by atoms with Crippen LogP contribution in [0, 0.1) is 34.5 Å². The van der Waals surface area contributed by atoms with Crippen molar-refractivity contribution in [2.45, 2.75) is 130 Å². The van der Waals surface area contributed by atoms with Gasteiger partial charge in [0.2, 0.25) is 33.6 Å². The number of nitrogens with one attached hydrogen (secondary N) is 1. The van der Waals surface area contributed by atoms with Gasteiger partial charge in [0.1, 0.15) is 11.9 Å². The molecule has 2 amide bonds. The van der Waals surface area contributed by atoms with E-state index >= 15 is 4.79 Å². The van der Waals surface area contributed by atoms with Gasteiger partial charge in [-0.1, -0.05) is 65.3 Å². The molecule has 0 bridgehead atoms. The molecule has 12 nitrogen and oxygen atoms in total. The number of fused-ring (bicyclic) bond motifs is 3. The second-order valence-electron chi connectivity index (χ2n) is 17.7. The number of ketones is 2. The third-order valence-electron chi connectivity index (χ3n) is 11.9. The number of hydrogen-bond donors (Lipinski definition) is 1. The van der Waals surface area contributed by atoms with Gasteiger partial charge >= 0.3 is 0 Å². The van der Waals surface area contributed by atoms with Gasteiger partial charge in [0, 0.05) is 31.6 Å². The van der Waals surface area contributed by atoms with Crippen LogP contribution in [0.4, 0.5) is 0 Å². The van der Waals surface area contributed by atoms with Crippen molar-refractivity contribution in [1.82, 2.24) is 19.8 Å². The predicted octanol–water partition coefficient (Wildman–Crippen LogP) is 6.36. The molecule has 2 aliphatic heterocycles. The van der Waals surface area contributed by atoms with E-state index in [2.05, 4.69) is 28.8 Å². The fourth-order valence-corrected chi connectivity index (χ4v) is 10.1. The Balaban J connectivity index is 1.36. The van der Waals surface area contributed by atoms with E-state index in [4.69, 9.17) is 9.47 Å². The number of carbonyl (C=O) groups excluding carboxylic acids is 4. The van der Waals surface area contributed by atoms with Gasteiger partial charge in [0.15, 0.2) is 5.78 Å². The summed E-state index contributed by atoms with van der Waals surface area (Å²) < 4.78 is 40.4. The van der Waals surface area contributed by atoms with Gasteiger partial charge in [-0.25, -0.2) is 8.42 Å². The first-order valence-electron chi connectivity index (χ1n) is 20.2. The Morgan fingerprint density at radius 3 is 2.36 bits per heavy atom. The zero-order valence-electron chi connectivity index (χ0n) is 33.2. The molecule has 1 aromatic heterocycles. The van der Waals surface area contributed by atoms with Crippen molar-refractivity contribution in [1.29, 1.82) is 0 Å². The van der Waals surface area contributed by atoms with Crippen molar-refractivity contribution < 1.29 is 37.1 Å². The molecule has 7 atom stereocenters. The minimum atomic E-state index is -3.85. The lowest BCUT2D eigenvalue weighted by atomic mass is 9.77. The van der Waals surface area contributed by atoms with Gasteiger partial charge in [-0.2, -0.15) is 0 Å². The van der Waals surface area contributed by atoms with Crippen molar-refractivity contribution in [3.63, 3.8) is 0 Å². The molecule has 1 aromatic carbocycles. The fraction of sp³-hybridized carbons (Fsp3) is 0.667. The highest BCUT2D eigenvalue weighted by molar-refractivity contribution is 7.90. The Morgan fingerprint density at radius 1 is 1.02 bits per heavy atom. The van der Waals surface area contributed by atoms with E-state index in [-0.39, 0.29) is 72.3 Å². The number of aromatic nitrogens is 2. The van der Waals surface area contributed by atoms with E-state index in [1.165, 1.54) is 0 Å². The summed E-state index contributed by atoms with van der Waals surface area (Å²) in [6.45, 7) is 12.6. The molecule has 2 saturated carbocycles. The molecule has 6 rings (SSSR count). The Labute approximate surface area is 325 Å². The number of Topliss-reactive ketones (excluding diaryl/α,β-unsaturated/α-hetero) is 2. The Bertz CT molecular complexity index is 1920. The zero-order valence-corrected chi connectivity index (χ0v) is 34.0. The lowest BCUT2D eigenvalue weighted by molar-refractivity contribution is -0.145. The Morgan fingerprint density at radius 2 is 1.71 bits per heavy atom. The van der Waals surface area contributed by atoms with Crippen molar-refractivity contribution in [2.24, 2.45) is 34.5 Å². The van der Waals surface area contributed by atoms with Crippen LogP contribution in [0.2, 0.25) is 0 Å². The van der Waals surface area contributed by atoms with Crippen LogP contribution in [0.5, 0.6) is 11.8 Å². The van der Waals surface area contributed by atoms with Gasteiger partial charge in [0.05, 0.1) is 40.6 Å². The van der Waals surface area contributed by atoms with E-state index in [9.17, 15) is 22.8 Å². The standard InChI is InChI=1S/C42H58N4O8S/c1-7-27-19-26(3)13-9-10-14-28-22-42(28,40(50)45-55(51,52)31-17-18-31)24-36(48)35-21-30(25-46(35)39(49)34(27)20-29(47)23-41(4,5)6)54-38-33-16-12-11-15-32(33)37(43-44-38)53-8-2/h10-12,14-16,26-28,30-31,34-35H,7-9,13,17-25H2,1-6H3,(H,45,50)/b14-10-/t26-,27-,28-,30-,34+,35+,42-/m1/s1. The number of nitrogens with zero attached hydrogens (tertiary/aromatic N) is 3. The van der Waals surface area contributed by atoms with Crippen LogP contribution in [0.1, 0.15) is 112 Å². The van der Waals surface area contributed by atoms with Crippen LogP contribution in [0.25, 0.3) is 10.8 Å². The number of rotatable bonds is 11. The third kappa shape index (κ3) is 9.40. The average Bonchev–Trinajstić information content (AvgIpc) is 4.05. The van der Waals surface area contributed by atoms with Crippen LogP contribution in [0.3, 0.4) is 0 Å². The summed E-state index contributed by atoms with van der Waals surface area (Å²) in [5.41, 5.74) is -1.49. The predicted molar refractivity (Wildman–Crippen MR) is 209 cm³/mol. The largest absolute Gasteiger partial charge is 0.476 e. The van der Waals surface area contributed by atoms with Crippen LogP contribution < -0.4 is 14.2 Å². The molecule has 3 fully saturated rings. The minimum Gasteiger partial charge on any atom is -0.476 e. The Kier molecular flexibility index (Phi) is 12.1. The molecule has 0 unspecified atom stereocenters. The molecule has 0 radical (unpaired) electrons. The van der Waals surface area contributed by atoms with E-state index < -0.39 is 44.7 Å². The minimum absolute atomic E-state index is 0.0112. The first-order chi connectivity index (χ1) is 26.0. The van der Waals surface area contributed by atoms with E-state index in [1.54, 1.807) is 4.90 Å². The molecule has 1 saturated heterocycles. The quantitative estimate of drug-likeness (QED) is 0.254. The molecular formula is C42H58N4O8S. The van der Waals surface area contributed by atoms with Gasteiger partial charge < -0.3 is 14.4 Å². The summed E-state index contributed by atoms with van der Waals surface area (Å²) in [6, 6.07) is 6.50. The summed E-state index contributed by atoms with van der Waals surface area (Å²) in [6.07, 6.45) is 8.07. The zero-order chi connectivity index (χ0) is 39.7. The van der Waals surface area contributed by atoms with E-state index in [1.807, 2.05) is 64.1 Å². The second-order valence-corrected chi connectivity index (χ2v) is 19.6. The van der Waals surface area contributed by atoms with Gasteiger partial charge in [-0.05, 0) is 80.8 Å². The van der Waals surface area contributed by atoms with Crippen LogP contribution in [0.15, 0.2) is 36.4 Å². The van der Waals surface area contributed by atoms with E-state index in [0.717, 1.165) is 19.3 Å². The maximum atomic E-state index is 15.0. The number of amides is 2. The molecule has 300 valence electrons. The summed E-state index contributed by atoms with van der Waals surface area (Å²) >= 11 is 0. The van der Waals surface area contributed by atoms with E-state index in [0.29, 0.717) is 55.4 Å². The highest BCUT2D eigenvalue weighted by Gasteiger charge is 2.61. The molecule has 13 heteroatoms. The topological polar surface area (TPSA) is 162 Å². The van der Waals surface area contributed by atoms with Crippen LogP contribution >= 0.6 is 0 Å². The van der Waals surface area contributed by atoms with Crippen molar-refractivity contribution in [3.05, 3.63) is 36.4 Å². The monoisotopic (exact) mass is 778 g/mol. The van der Waals surface area contributed by atoms with Gasteiger partial charge in [-0.15, -0.1) is 10.2 Å². The van der Waals surface area contributed by atoms with Crippen molar-refractivity contribution in [2.75, 3.05) is 13.2 Å². The molecule has 0 spiro atoms. The number of ether oxygens (including phenoxy) is 2. The second kappa shape index (κ2) is 16.3. The summed E-state index contributed by atoms with van der Waals surface area (Å²) in [5.74, 6) is -1.39. The van der Waals surface area contributed by atoms with Crippen LogP contribution in [-0.4, -0.2) is 77.4 Å². The summed E-state index contributed by atoms with van der Waals surface area (Å²) in [4.78, 5) is 58.8. The Hall–Kier alpha value is -3.87. The highest BCUT2D eigenvalue weighted by Crippen LogP contribution is 2.57. The number of allylic oxidation sites excluding steroid dienone is 2. The molecule has 1 N–H and O–H groups in total. The summed E-state index contributed by atoms with van der Waals surface area (Å²) in [7, 11) is -3.85. The van der Waals surface area contributed by atoms with Crippen molar-refractivity contribution >= 4 is 44.2 Å².